The van der Waals surface area contributed by atoms with Crippen molar-refractivity contribution < 1.29 is 22.7 Å². The van der Waals surface area contributed by atoms with Crippen molar-refractivity contribution in [3.63, 3.8) is 0 Å². The first-order valence-electron chi connectivity index (χ1n) is 13.6. The average Bonchev–Trinajstić information content (AvgIpc) is 3.36. The number of aldehydes is 1. The van der Waals surface area contributed by atoms with Gasteiger partial charge < -0.3 is 24.6 Å². The Labute approximate surface area is 231 Å². The molecule has 0 spiro atoms. The van der Waals surface area contributed by atoms with Crippen molar-refractivity contribution in [1.29, 1.82) is 0 Å². The average molecular weight is 554 g/mol. The zero-order valence-corrected chi connectivity index (χ0v) is 23.9. The molecular weight excluding hydrogens is 514 g/mol. The highest BCUT2D eigenvalue weighted by molar-refractivity contribution is 7.90. The van der Waals surface area contributed by atoms with Gasteiger partial charge in [-0.25, -0.2) is 8.42 Å². The van der Waals surface area contributed by atoms with Crippen molar-refractivity contribution >= 4 is 22.0 Å². The van der Waals surface area contributed by atoms with Crippen LogP contribution in [0.3, 0.4) is 0 Å². The van der Waals surface area contributed by atoms with Crippen LogP contribution in [0.1, 0.15) is 40.4 Å². The molecule has 1 heterocycles. The van der Waals surface area contributed by atoms with E-state index in [1.54, 1.807) is 17.0 Å². The highest BCUT2D eigenvalue weighted by atomic mass is 32.2. The normalized spacial score (nSPS) is 17.1. The fourth-order valence-electron chi connectivity index (χ4n) is 5.73. The van der Waals surface area contributed by atoms with Gasteiger partial charge in [-0.3, -0.25) is 4.79 Å². The number of carbonyl (C=O) groups is 2. The van der Waals surface area contributed by atoms with E-state index in [9.17, 15) is 18.0 Å². The Morgan fingerprint density at radius 2 is 1.82 bits per heavy atom. The van der Waals surface area contributed by atoms with Gasteiger partial charge in [-0.05, 0) is 61.1 Å². The Kier molecular flexibility index (Phi) is 9.58. The molecule has 8 nitrogen and oxygen atoms in total. The smallest absolute Gasteiger partial charge is 0.254 e. The lowest BCUT2D eigenvalue weighted by atomic mass is 9.92. The molecule has 1 saturated heterocycles. The third-order valence-corrected chi connectivity index (χ3v) is 8.77. The summed E-state index contributed by atoms with van der Waals surface area (Å²) >= 11 is 0. The molecule has 4 rings (SSSR count). The van der Waals surface area contributed by atoms with Crippen LogP contribution < -0.4 is 5.32 Å². The summed E-state index contributed by atoms with van der Waals surface area (Å²) in [5.74, 6) is 0.101. The van der Waals surface area contributed by atoms with Crippen molar-refractivity contribution in [2.75, 3.05) is 46.2 Å². The lowest BCUT2D eigenvalue weighted by molar-refractivity contribution is -0.108. The van der Waals surface area contributed by atoms with Crippen LogP contribution in [0.5, 0.6) is 0 Å². The van der Waals surface area contributed by atoms with Gasteiger partial charge in [0.15, 0.2) is 9.84 Å². The second kappa shape index (κ2) is 12.9. The van der Waals surface area contributed by atoms with E-state index in [0.717, 1.165) is 37.5 Å². The number of sulfone groups is 1. The number of amides is 1. The molecule has 2 aromatic rings. The second-order valence-corrected chi connectivity index (χ2v) is 12.3. The highest BCUT2D eigenvalue weighted by Crippen LogP contribution is 2.33. The van der Waals surface area contributed by atoms with Gasteiger partial charge in [0.2, 0.25) is 0 Å². The van der Waals surface area contributed by atoms with Gasteiger partial charge in [-0.2, -0.15) is 0 Å². The molecule has 2 aromatic carbocycles. The molecule has 1 unspecified atom stereocenters. The van der Waals surface area contributed by atoms with Crippen LogP contribution in [-0.4, -0.2) is 82.6 Å². The molecular formula is C30H39N3O5S. The van der Waals surface area contributed by atoms with Gasteiger partial charge in [0.1, 0.15) is 6.29 Å². The monoisotopic (exact) mass is 553 g/mol. The van der Waals surface area contributed by atoms with Crippen LogP contribution >= 0.6 is 0 Å². The summed E-state index contributed by atoms with van der Waals surface area (Å²) in [6.45, 7) is 4.32. The number of allylic oxidation sites excluding steroid dienone is 1. The fraction of sp³-hybridized carbons (Fsp3) is 0.467. The molecule has 1 aliphatic carbocycles. The number of nitrogens with zero attached hydrogens (tertiary/aromatic N) is 2. The number of carbonyl (C=O) groups excluding carboxylic acids is 2. The largest absolute Gasteiger partial charge is 0.378 e. The van der Waals surface area contributed by atoms with Crippen LogP contribution in [0.4, 0.5) is 0 Å². The maximum absolute atomic E-state index is 13.6. The number of fused-ring (bicyclic) bond motifs is 1. The molecule has 1 fully saturated rings. The molecule has 0 aromatic heterocycles. The predicted octanol–water partition coefficient (Wildman–Crippen LogP) is 2.86. The second-order valence-electron chi connectivity index (χ2n) is 10.3. The summed E-state index contributed by atoms with van der Waals surface area (Å²) in [6.07, 6.45) is 6.86. The van der Waals surface area contributed by atoms with Gasteiger partial charge in [0.05, 0.1) is 30.7 Å². The minimum absolute atomic E-state index is 0.00554. The number of nitrogens with one attached hydrogen (secondary N) is 1. The third kappa shape index (κ3) is 6.77. The minimum Gasteiger partial charge on any atom is -0.378 e. The van der Waals surface area contributed by atoms with E-state index >= 15 is 0 Å². The van der Waals surface area contributed by atoms with Gasteiger partial charge in [0.25, 0.3) is 5.91 Å². The van der Waals surface area contributed by atoms with Crippen molar-refractivity contribution in [1.82, 2.24) is 15.1 Å². The van der Waals surface area contributed by atoms with Crippen LogP contribution in [0, 0.1) is 5.92 Å². The van der Waals surface area contributed by atoms with Gasteiger partial charge in [0, 0.05) is 37.2 Å². The fourth-order valence-corrected chi connectivity index (χ4v) is 6.38. The van der Waals surface area contributed by atoms with E-state index in [4.69, 9.17) is 4.74 Å². The Morgan fingerprint density at radius 3 is 2.38 bits per heavy atom. The van der Waals surface area contributed by atoms with E-state index in [1.165, 1.54) is 17.2 Å². The Bertz CT molecular complexity index is 1290. The quantitative estimate of drug-likeness (QED) is 0.428. The van der Waals surface area contributed by atoms with E-state index < -0.39 is 9.84 Å². The first kappa shape index (κ1) is 29.0. The van der Waals surface area contributed by atoms with Crippen molar-refractivity contribution in [3.05, 3.63) is 76.5 Å². The molecule has 0 bridgehead atoms. The number of rotatable bonds is 11. The Morgan fingerprint density at radius 1 is 1.15 bits per heavy atom. The van der Waals surface area contributed by atoms with E-state index in [0.29, 0.717) is 49.9 Å². The first-order valence-corrected chi connectivity index (χ1v) is 15.5. The molecule has 39 heavy (non-hydrogen) atoms. The summed E-state index contributed by atoms with van der Waals surface area (Å²) in [4.78, 5) is 29.4. The predicted molar refractivity (Wildman–Crippen MR) is 151 cm³/mol. The number of ether oxygens (including phenoxy) is 1. The van der Waals surface area contributed by atoms with Gasteiger partial charge in [-0.1, -0.05) is 43.3 Å². The number of hydrogen-bond acceptors (Lipinski definition) is 7. The molecule has 9 heteroatoms. The first-order chi connectivity index (χ1) is 18.8. The van der Waals surface area contributed by atoms with Crippen LogP contribution in [-0.2, 0) is 38.8 Å². The molecule has 1 aliphatic heterocycles. The summed E-state index contributed by atoms with van der Waals surface area (Å²) < 4.78 is 30.1. The molecule has 1 atom stereocenters. The summed E-state index contributed by atoms with van der Waals surface area (Å²) in [5.41, 5.74) is 4.76. The molecule has 2 aliphatic rings. The Hall–Kier alpha value is -3.01. The maximum Gasteiger partial charge on any atom is 0.254 e. The van der Waals surface area contributed by atoms with E-state index in [2.05, 4.69) is 42.6 Å². The zero-order valence-electron chi connectivity index (χ0n) is 23.1. The molecule has 1 amide bonds. The lowest BCUT2D eigenvalue weighted by Crippen LogP contribution is -2.44. The number of morpholine rings is 1. The lowest BCUT2D eigenvalue weighted by Gasteiger charge is -2.35. The standard InChI is InChI=1S/C30H39N3O5S/c1-4-7-28(29(31-2)25-18-22-8-5-6-9-23(22)19-25)33(12-15-34)21-24-10-11-26(39(3,36)37)20-27(24)30(35)32-13-16-38-17-14-32/h5-11,15,20,25,29,31H,4,12-14,16-19,21H2,1-3H3/b28-7+. The highest BCUT2D eigenvalue weighted by Gasteiger charge is 2.32. The van der Waals surface area contributed by atoms with Gasteiger partial charge in [-0.15, -0.1) is 0 Å². The number of benzene rings is 2. The van der Waals surface area contributed by atoms with Crippen molar-refractivity contribution in [2.45, 2.75) is 43.7 Å². The van der Waals surface area contributed by atoms with E-state index in [1.807, 2.05) is 11.9 Å². The maximum atomic E-state index is 13.6. The summed E-state index contributed by atoms with van der Waals surface area (Å²) in [6, 6.07) is 13.3. The van der Waals surface area contributed by atoms with Gasteiger partial charge >= 0.3 is 0 Å². The topological polar surface area (TPSA) is 96.0 Å². The summed E-state index contributed by atoms with van der Waals surface area (Å²) in [5, 5.41) is 3.51. The SMILES string of the molecule is CC/C=C(\C(NC)C1Cc2ccccc2C1)N(CC=O)Cc1ccc(S(C)(=O)=O)cc1C(=O)N1CCOCC1. The van der Waals surface area contributed by atoms with Crippen molar-refractivity contribution in [3.8, 4) is 0 Å². The van der Waals surface area contributed by atoms with Crippen LogP contribution in [0.2, 0.25) is 0 Å². The van der Waals surface area contributed by atoms with Crippen LogP contribution in [0.25, 0.3) is 0 Å². The number of hydrogen-bond donors (Lipinski definition) is 1. The van der Waals surface area contributed by atoms with Crippen LogP contribution in [0.15, 0.2) is 59.1 Å². The van der Waals surface area contributed by atoms with E-state index in [-0.39, 0.29) is 23.4 Å². The number of likely N-dealkylation sites (N-methyl/N-ethyl adjacent to an activating group) is 1. The molecule has 0 saturated carbocycles. The molecule has 0 radical (unpaired) electrons. The zero-order chi connectivity index (χ0) is 28.0. The Balaban J connectivity index is 1.69. The van der Waals surface area contributed by atoms with Crippen molar-refractivity contribution in [2.24, 2.45) is 5.92 Å². The molecule has 1 N–H and O–H groups in total. The molecule has 210 valence electrons. The third-order valence-electron chi connectivity index (χ3n) is 7.66. The minimum atomic E-state index is -3.51. The summed E-state index contributed by atoms with van der Waals surface area (Å²) in [7, 11) is -1.56.